The van der Waals surface area contributed by atoms with E-state index in [1.54, 1.807) is 7.11 Å². The van der Waals surface area contributed by atoms with E-state index in [9.17, 15) is 4.79 Å². The number of carbonyl (C=O) groups is 1. The summed E-state index contributed by atoms with van der Waals surface area (Å²) < 4.78 is 10.9. The molecule has 1 saturated carbocycles. The van der Waals surface area contributed by atoms with Crippen LogP contribution in [-0.4, -0.2) is 26.7 Å². The van der Waals surface area contributed by atoms with E-state index in [0.29, 0.717) is 6.54 Å². The highest BCUT2D eigenvalue weighted by atomic mass is 79.9. The molecule has 4 nitrogen and oxygen atoms in total. The molecule has 104 valence electrons. The van der Waals surface area contributed by atoms with Gasteiger partial charge in [0.2, 0.25) is 0 Å². The number of hydrogen-bond donors (Lipinski definition) is 1. The predicted octanol–water partition coefficient (Wildman–Crippen LogP) is 2.50. The van der Waals surface area contributed by atoms with E-state index >= 15 is 0 Å². The fraction of sp³-hybridized carbons (Fsp3) is 0.500. The highest BCUT2D eigenvalue weighted by Crippen LogP contribution is 2.46. The Morgan fingerprint density at radius 3 is 2.68 bits per heavy atom. The summed E-state index contributed by atoms with van der Waals surface area (Å²) in [5.41, 5.74) is 0.867. The average Bonchev–Trinajstić information content (AvgIpc) is 3.19. The maximum atomic E-state index is 11.6. The molecule has 0 spiro atoms. The Balaban J connectivity index is 1.86. The van der Waals surface area contributed by atoms with E-state index in [2.05, 4.69) is 21.2 Å². The van der Waals surface area contributed by atoms with Crippen molar-refractivity contribution < 1.29 is 14.3 Å². The number of methoxy groups -OCH3 is 2. The minimum atomic E-state index is -0.279. The van der Waals surface area contributed by atoms with Gasteiger partial charge in [0.25, 0.3) is 0 Å². The van der Waals surface area contributed by atoms with Crippen LogP contribution in [0.3, 0.4) is 0 Å². The zero-order valence-electron chi connectivity index (χ0n) is 11.2. The summed E-state index contributed by atoms with van der Waals surface area (Å²) in [6.07, 6.45) is 1.83. The number of hydrogen-bond acceptors (Lipinski definition) is 4. The van der Waals surface area contributed by atoms with Gasteiger partial charge in [0, 0.05) is 13.1 Å². The van der Waals surface area contributed by atoms with Crippen molar-refractivity contribution in [2.45, 2.75) is 19.4 Å². The molecule has 1 N–H and O–H groups in total. The molecule has 0 unspecified atom stereocenters. The fourth-order valence-corrected chi connectivity index (χ4v) is 2.67. The van der Waals surface area contributed by atoms with Crippen LogP contribution in [0.25, 0.3) is 0 Å². The summed E-state index contributed by atoms with van der Waals surface area (Å²) in [5.74, 6) is 0.716. The van der Waals surface area contributed by atoms with Gasteiger partial charge >= 0.3 is 5.97 Å². The first-order valence-corrected chi connectivity index (χ1v) is 7.02. The van der Waals surface area contributed by atoms with Crippen molar-refractivity contribution in [1.82, 2.24) is 5.32 Å². The molecule has 0 amide bonds. The molecule has 5 heteroatoms. The Hall–Kier alpha value is -1.07. The van der Waals surface area contributed by atoms with Crippen molar-refractivity contribution in [2.24, 2.45) is 5.41 Å². The molecule has 2 rings (SSSR count). The number of esters is 1. The normalized spacial score (nSPS) is 15.9. The molecule has 1 aliphatic rings. The topological polar surface area (TPSA) is 47.6 Å². The molecule has 19 heavy (non-hydrogen) atoms. The molecule has 0 aliphatic heterocycles. The van der Waals surface area contributed by atoms with Gasteiger partial charge in [-0.2, -0.15) is 0 Å². The van der Waals surface area contributed by atoms with Gasteiger partial charge < -0.3 is 14.8 Å². The summed E-state index contributed by atoms with van der Waals surface area (Å²) >= 11 is 3.46. The zero-order valence-corrected chi connectivity index (χ0v) is 12.7. The predicted molar refractivity (Wildman–Crippen MR) is 76.1 cm³/mol. The van der Waals surface area contributed by atoms with Crippen molar-refractivity contribution in [1.29, 1.82) is 0 Å². The zero-order chi connectivity index (χ0) is 13.9. The summed E-state index contributed by atoms with van der Waals surface area (Å²) in [5, 5.41) is 3.32. The minimum Gasteiger partial charge on any atom is -0.496 e. The molecule has 0 aromatic heterocycles. The van der Waals surface area contributed by atoms with Crippen LogP contribution >= 0.6 is 15.9 Å². The number of ether oxygens (including phenoxy) is 2. The lowest BCUT2D eigenvalue weighted by molar-refractivity contribution is -0.146. The lowest BCUT2D eigenvalue weighted by atomic mass is 10.1. The van der Waals surface area contributed by atoms with E-state index < -0.39 is 0 Å². The van der Waals surface area contributed by atoms with Crippen LogP contribution in [0.15, 0.2) is 22.7 Å². The van der Waals surface area contributed by atoms with Gasteiger partial charge in [-0.15, -0.1) is 0 Å². The fourth-order valence-electron chi connectivity index (χ4n) is 2.09. The SMILES string of the molecule is COC(=O)C1(CNCc2ccc(OC)c(Br)c2)CC1. The van der Waals surface area contributed by atoms with Crippen LogP contribution in [0.4, 0.5) is 0 Å². The van der Waals surface area contributed by atoms with Gasteiger partial charge in [-0.05, 0) is 46.5 Å². The van der Waals surface area contributed by atoms with E-state index in [4.69, 9.17) is 9.47 Å². The van der Waals surface area contributed by atoms with Crippen LogP contribution in [0.1, 0.15) is 18.4 Å². The number of benzene rings is 1. The Kier molecular flexibility index (Phi) is 4.47. The first kappa shape index (κ1) is 14.3. The monoisotopic (exact) mass is 327 g/mol. The van der Waals surface area contributed by atoms with Crippen LogP contribution in [0.2, 0.25) is 0 Å². The van der Waals surface area contributed by atoms with Gasteiger partial charge in [-0.25, -0.2) is 0 Å². The third-order valence-electron chi connectivity index (χ3n) is 3.48. The molecular formula is C14H18BrNO3. The average molecular weight is 328 g/mol. The molecule has 0 radical (unpaired) electrons. The molecule has 0 heterocycles. The summed E-state index contributed by atoms with van der Waals surface area (Å²) in [4.78, 5) is 11.6. The molecule has 1 aromatic rings. The Morgan fingerprint density at radius 2 is 2.16 bits per heavy atom. The molecule has 0 bridgehead atoms. The third kappa shape index (κ3) is 3.28. The third-order valence-corrected chi connectivity index (χ3v) is 4.10. The first-order valence-electron chi connectivity index (χ1n) is 6.23. The number of carbonyl (C=O) groups excluding carboxylic acids is 1. The highest BCUT2D eigenvalue weighted by molar-refractivity contribution is 9.10. The lowest BCUT2D eigenvalue weighted by Crippen LogP contribution is -2.30. The maximum absolute atomic E-state index is 11.6. The number of nitrogens with one attached hydrogen (secondary N) is 1. The van der Waals surface area contributed by atoms with Crippen LogP contribution in [0, 0.1) is 5.41 Å². The van der Waals surface area contributed by atoms with Gasteiger partial charge in [0.15, 0.2) is 0 Å². The molecule has 0 saturated heterocycles. The van der Waals surface area contributed by atoms with E-state index in [0.717, 1.165) is 35.2 Å². The summed E-state index contributed by atoms with van der Waals surface area (Å²) in [6, 6.07) is 5.95. The number of rotatable bonds is 6. The Morgan fingerprint density at radius 1 is 1.42 bits per heavy atom. The van der Waals surface area contributed by atoms with Crippen molar-refractivity contribution in [3.05, 3.63) is 28.2 Å². The standard InChI is InChI=1S/C14H18BrNO3/c1-18-12-4-3-10(7-11(12)15)8-16-9-14(5-6-14)13(17)19-2/h3-4,7,16H,5-6,8-9H2,1-2H3. The van der Waals surface area contributed by atoms with E-state index in [1.165, 1.54) is 7.11 Å². The molecule has 1 fully saturated rings. The van der Waals surface area contributed by atoms with Crippen LogP contribution < -0.4 is 10.1 Å². The second kappa shape index (κ2) is 5.92. The van der Waals surface area contributed by atoms with Crippen LogP contribution in [0.5, 0.6) is 5.75 Å². The first-order chi connectivity index (χ1) is 9.11. The quantitative estimate of drug-likeness (QED) is 0.815. The van der Waals surface area contributed by atoms with E-state index in [1.807, 2.05) is 18.2 Å². The number of halogens is 1. The smallest absolute Gasteiger partial charge is 0.313 e. The highest BCUT2D eigenvalue weighted by Gasteiger charge is 2.50. The Labute approximate surface area is 121 Å². The molecular weight excluding hydrogens is 310 g/mol. The second-order valence-electron chi connectivity index (χ2n) is 4.84. The minimum absolute atomic E-state index is 0.101. The van der Waals surface area contributed by atoms with Crippen molar-refractivity contribution in [3.8, 4) is 5.75 Å². The van der Waals surface area contributed by atoms with Gasteiger partial charge in [-0.3, -0.25) is 4.79 Å². The summed E-state index contributed by atoms with van der Waals surface area (Å²) in [7, 11) is 3.09. The molecule has 1 aliphatic carbocycles. The van der Waals surface area contributed by atoms with Crippen molar-refractivity contribution >= 4 is 21.9 Å². The van der Waals surface area contributed by atoms with Gasteiger partial charge in [-0.1, -0.05) is 6.07 Å². The van der Waals surface area contributed by atoms with E-state index in [-0.39, 0.29) is 11.4 Å². The van der Waals surface area contributed by atoms with Gasteiger partial charge in [0.05, 0.1) is 24.1 Å². The molecule has 0 atom stereocenters. The second-order valence-corrected chi connectivity index (χ2v) is 5.70. The molecule has 1 aromatic carbocycles. The Bertz CT molecular complexity index is 472. The van der Waals surface area contributed by atoms with Crippen molar-refractivity contribution in [2.75, 3.05) is 20.8 Å². The van der Waals surface area contributed by atoms with Gasteiger partial charge in [0.1, 0.15) is 5.75 Å². The van der Waals surface area contributed by atoms with Crippen LogP contribution in [-0.2, 0) is 16.1 Å². The maximum Gasteiger partial charge on any atom is 0.313 e. The summed E-state index contributed by atoms with van der Waals surface area (Å²) in [6.45, 7) is 1.39. The van der Waals surface area contributed by atoms with Crippen molar-refractivity contribution in [3.63, 3.8) is 0 Å². The lowest BCUT2D eigenvalue weighted by Gasteiger charge is -2.14. The largest absolute Gasteiger partial charge is 0.496 e.